The summed E-state index contributed by atoms with van der Waals surface area (Å²) in [5.74, 6) is 0.480. The van der Waals surface area contributed by atoms with E-state index in [1.54, 1.807) is 21.7 Å². The molecule has 0 aliphatic carbocycles. The second-order valence-electron chi connectivity index (χ2n) is 13.2. The monoisotopic (exact) mass is 860 g/mol. The van der Waals surface area contributed by atoms with Crippen LogP contribution < -0.4 is 22.3 Å². The van der Waals surface area contributed by atoms with Crippen LogP contribution in [0.25, 0.3) is 22.3 Å². The van der Waals surface area contributed by atoms with Crippen molar-refractivity contribution in [3.63, 3.8) is 0 Å². The molecular weight excluding hydrogens is 816 g/mol. The number of ether oxygens (including phenoxy) is 4. The molecular formula is C34H45N12O9PS2. The minimum absolute atomic E-state index is 0.00458. The molecule has 21 nitrogen and oxygen atoms in total. The summed E-state index contributed by atoms with van der Waals surface area (Å²) in [6, 6.07) is 5.64. The van der Waals surface area contributed by atoms with Crippen molar-refractivity contribution in [1.82, 2.24) is 49.3 Å². The van der Waals surface area contributed by atoms with E-state index in [2.05, 4.69) is 40.2 Å². The van der Waals surface area contributed by atoms with Gasteiger partial charge in [0.25, 0.3) is 5.56 Å². The molecule has 5 aromatic rings. The number of nitrogens with two attached hydrogens (primary N) is 2. The maximum absolute atomic E-state index is 14.9. The van der Waals surface area contributed by atoms with Crippen LogP contribution in [0.15, 0.2) is 53.2 Å². The lowest BCUT2D eigenvalue weighted by Gasteiger charge is -2.27. The Labute approximate surface area is 340 Å². The molecule has 0 spiro atoms. The first-order chi connectivity index (χ1) is 28.1. The number of nitrogen functional groups attached to an aromatic ring is 2. The van der Waals surface area contributed by atoms with Crippen LogP contribution in [0.4, 0.5) is 11.8 Å². The highest BCUT2D eigenvalue weighted by Crippen LogP contribution is 2.52. The minimum atomic E-state index is -4.03. The van der Waals surface area contributed by atoms with Gasteiger partial charge in [0.2, 0.25) is 11.9 Å². The van der Waals surface area contributed by atoms with Crippen molar-refractivity contribution in [2.24, 2.45) is 0 Å². The standard InChI is InChI=1S/C34H45N12O9PS2/c1-3-50-15-22-21(14-27(53-22)46-19-42-29-32(46)43-34(36)44-33(29)48)55-56(49,11-10-37-24(47)8-12-57-58-25-7-5-6-9-38-25)52-16-23-20(51-4-2)13-26(54-23)45-18-41-28-30(35)39-17-40-31(28)45/h5-7,9,17-23,26-27H,3-4,8,10-16H2,1-2H3,(H,37,47)(H2,35,39,40)(H3,36,43,44,48)/t20-,21-,22-,23-,26-,27-,56?/m1/s1. The van der Waals surface area contributed by atoms with Gasteiger partial charge in [-0.05, 0) is 36.8 Å². The predicted octanol–water partition coefficient (Wildman–Crippen LogP) is 3.08. The van der Waals surface area contributed by atoms with Gasteiger partial charge in [-0.3, -0.25) is 28.3 Å². The molecule has 1 unspecified atom stereocenters. The van der Waals surface area contributed by atoms with E-state index in [-0.39, 0.29) is 67.6 Å². The number of H-pyrrole nitrogens is 1. The van der Waals surface area contributed by atoms with E-state index >= 15 is 0 Å². The first-order valence-electron chi connectivity index (χ1n) is 18.7. The highest BCUT2D eigenvalue weighted by Gasteiger charge is 2.44. The van der Waals surface area contributed by atoms with Crippen molar-refractivity contribution in [3.05, 3.63) is 53.7 Å². The fourth-order valence-electron chi connectivity index (χ4n) is 6.61. The molecule has 2 fully saturated rings. The van der Waals surface area contributed by atoms with Crippen molar-refractivity contribution in [2.75, 3.05) is 56.4 Å². The summed E-state index contributed by atoms with van der Waals surface area (Å²) in [6.07, 6.45) is 2.86. The van der Waals surface area contributed by atoms with E-state index in [4.69, 9.17) is 39.5 Å². The number of hydrogen-bond donors (Lipinski definition) is 4. The van der Waals surface area contributed by atoms with Crippen LogP contribution >= 0.6 is 29.2 Å². The van der Waals surface area contributed by atoms with Crippen LogP contribution in [0.2, 0.25) is 0 Å². The van der Waals surface area contributed by atoms with Gasteiger partial charge in [-0.1, -0.05) is 16.9 Å². The number of rotatable bonds is 20. The zero-order valence-electron chi connectivity index (χ0n) is 31.7. The second kappa shape index (κ2) is 19.3. The second-order valence-corrected chi connectivity index (χ2v) is 17.8. The summed E-state index contributed by atoms with van der Waals surface area (Å²) >= 11 is 0. The zero-order chi connectivity index (χ0) is 40.6. The predicted molar refractivity (Wildman–Crippen MR) is 215 cm³/mol. The number of pyridine rings is 1. The number of imidazole rings is 2. The average molecular weight is 861 g/mol. The van der Waals surface area contributed by atoms with E-state index in [0.717, 1.165) is 5.03 Å². The van der Waals surface area contributed by atoms with E-state index in [1.165, 1.54) is 34.2 Å². The molecule has 6 N–H and O–H groups in total. The van der Waals surface area contributed by atoms with Crippen LogP contribution in [0.1, 0.15) is 45.6 Å². The van der Waals surface area contributed by atoms with Gasteiger partial charge < -0.3 is 44.8 Å². The van der Waals surface area contributed by atoms with Gasteiger partial charge in [0, 0.05) is 51.0 Å². The Hall–Kier alpha value is -4.19. The van der Waals surface area contributed by atoms with Crippen molar-refractivity contribution < 1.29 is 37.4 Å². The number of carbonyl (C=O) groups is 1. The van der Waals surface area contributed by atoms with E-state index in [0.29, 0.717) is 36.6 Å². The van der Waals surface area contributed by atoms with E-state index < -0.39 is 50.0 Å². The topological polar surface area (TPSA) is 274 Å². The van der Waals surface area contributed by atoms with Gasteiger partial charge in [0.15, 0.2) is 22.6 Å². The number of aromatic nitrogens is 9. The molecule has 2 aliphatic heterocycles. The molecule has 2 saturated heterocycles. The van der Waals surface area contributed by atoms with Crippen molar-refractivity contribution in [3.8, 4) is 0 Å². The SMILES string of the molecule is CCOC[C@H]1O[C@@H](n2cnc3c(=O)[nH]c(N)nc32)C[C@H]1OP(=O)(CCNC(=O)CCSSc1ccccn1)OC[C@H]1O[C@@H](n2cnc3c(N)ncnc32)C[C@H]1OCC. The third-order valence-electron chi connectivity index (χ3n) is 9.32. The highest BCUT2D eigenvalue weighted by molar-refractivity contribution is 8.76. The van der Waals surface area contributed by atoms with Gasteiger partial charge in [-0.15, -0.1) is 0 Å². The summed E-state index contributed by atoms with van der Waals surface area (Å²) in [5.41, 5.74) is 12.6. The fourth-order valence-corrected chi connectivity index (χ4v) is 10.2. The van der Waals surface area contributed by atoms with E-state index in [1.807, 2.05) is 32.0 Å². The zero-order valence-corrected chi connectivity index (χ0v) is 34.3. The van der Waals surface area contributed by atoms with Crippen LogP contribution in [0, 0.1) is 0 Å². The normalized spacial score (nSPS) is 23.1. The molecule has 0 bridgehead atoms. The summed E-state index contributed by atoms with van der Waals surface area (Å²) in [7, 11) is -1.04. The lowest BCUT2D eigenvalue weighted by Crippen LogP contribution is -2.33. The number of nitrogens with one attached hydrogen (secondary N) is 2. The molecule has 312 valence electrons. The molecule has 7 atom stereocenters. The average Bonchev–Trinajstić information content (AvgIpc) is 4.01. The number of amides is 1. The molecule has 24 heteroatoms. The highest BCUT2D eigenvalue weighted by atomic mass is 33.1. The molecule has 0 radical (unpaired) electrons. The van der Waals surface area contributed by atoms with E-state index in [9.17, 15) is 14.2 Å². The summed E-state index contributed by atoms with van der Waals surface area (Å²) in [6.45, 7) is 4.45. The fraction of sp³-hybridized carbons (Fsp3) is 0.529. The van der Waals surface area contributed by atoms with Gasteiger partial charge in [0.1, 0.15) is 41.5 Å². The first-order valence-corrected chi connectivity index (χ1v) is 22.7. The van der Waals surface area contributed by atoms with Gasteiger partial charge >= 0.3 is 7.60 Å². The Balaban J connectivity index is 1.06. The summed E-state index contributed by atoms with van der Waals surface area (Å²) in [4.78, 5) is 53.3. The minimum Gasteiger partial charge on any atom is -0.382 e. The van der Waals surface area contributed by atoms with Crippen LogP contribution in [0.5, 0.6) is 0 Å². The maximum atomic E-state index is 14.9. The van der Waals surface area contributed by atoms with Crippen molar-refractivity contribution >= 4 is 69.2 Å². The number of carbonyl (C=O) groups excluding carboxylic acids is 1. The number of anilines is 2. The largest absolute Gasteiger partial charge is 0.382 e. The molecule has 0 saturated carbocycles. The Morgan fingerprint density at radius 2 is 1.74 bits per heavy atom. The van der Waals surface area contributed by atoms with Gasteiger partial charge in [-0.2, -0.15) is 4.98 Å². The number of hydrogen-bond acceptors (Lipinski definition) is 19. The molecule has 7 heterocycles. The third-order valence-corrected chi connectivity index (χ3v) is 13.5. The molecule has 0 aromatic carbocycles. The summed E-state index contributed by atoms with van der Waals surface area (Å²) < 4.78 is 55.5. The smallest absolute Gasteiger partial charge is 0.332 e. The van der Waals surface area contributed by atoms with Gasteiger partial charge in [-0.25, -0.2) is 24.9 Å². The molecule has 7 rings (SSSR count). The lowest BCUT2D eigenvalue weighted by molar-refractivity contribution is -0.120. The quantitative estimate of drug-likeness (QED) is 0.0497. The Bertz CT molecular complexity index is 2270. The number of nitrogens with zero attached hydrogens (tertiary/aromatic N) is 8. The molecule has 1 amide bonds. The third kappa shape index (κ3) is 9.97. The molecule has 5 aromatic heterocycles. The van der Waals surface area contributed by atoms with Crippen LogP contribution in [0.3, 0.4) is 0 Å². The van der Waals surface area contributed by atoms with Crippen molar-refractivity contribution in [2.45, 2.75) is 75.0 Å². The van der Waals surface area contributed by atoms with Crippen LogP contribution in [-0.4, -0.2) is 119 Å². The Morgan fingerprint density at radius 1 is 0.983 bits per heavy atom. The van der Waals surface area contributed by atoms with Gasteiger partial charge in [0.05, 0.1) is 44.2 Å². The number of aromatic amines is 1. The molecule has 2 aliphatic rings. The molecule has 58 heavy (non-hydrogen) atoms. The van der Waals surface area contributed by atoms with Crippen LogP contribution in [-0.2, 0) is 37.4 Å². The number of fused-ring (bicyclic) bond motifs is 2. The van der Waals surface area contributed by atoms with Crippen molar-refractivity contribution in [1.29, 1.82) is 0 Å². The summed E-state index contributed by atoms with van der Waals surface area (Å²) in [5, 5.41) is 3.70. The Kier molecular flexibility index (Phi) is 13.9. The lowest BCUT2D eigenvalue weighted by atomic mass is 10.2. The first kappa shape index (κ1) is 42.0. The Morgan fingerprint density at radius 3 is 2.50 bits per heavy atom. The maximum Gasteiger partial charge on any atom is 0.332 e.